The number of nitrogens with two attached hydrogens (primary N) is 1. The lowest BCUT2D eigenvalue weighted by Gasteiger charge is -2.18. The van der Waals surface area contributed by atoms with E-state index in [0.717, 1.165) is 13.1 Å². The van der Waals surface area contributed by atoms with Crippen LogP contribution in [-0.2, 0) is 4.74 Å². The van der Waals surface area contributed by atoms with E-state index in [2.05, 4.69) is 18.7 Å². The highest BCUT2D eigenvalue weighted by Gasteiger charge is 2.37. The van der Waals surface area contributed by atoms with Gasteiger partial charge in [0.25, 0.3) is 0 Å². The number of nitrogens with zero attached hydrogens (tertiary/aromatic N) is 1. The minimum Gasteiger partial charge on any atom is -0.465 e. The van der Waals surface area contributed by atoms with Gasteiger partial charge in [0, 0.05) is 18.7 Å². The molecule has 110 valence electrons. The van der Waals surface area contributed by atoms with Gasteiger partial charge in [-0.15, -0.1) is 11.3 Å². The van der Waals surface area contributed by atoms with Crippen molar-refractivity contribution in [2.24, 2.45) is 11.8 Å². The molecule has 0 aromatic carbocycles. The van der Waals surface area contributed by atoms with E-state index in [1.165, 1.54) is 41.9 Å². The molecule has 2 N–H and O–H groups in total. The van der Waals surface area contributed by atoms with Gasteiger partial charge in [-0.3, -0.25) is 0 Å². The summed E-state index contributed by atoms with van der Waals surface area (Å²) in [5, 5.41) is 1.21. The fourth-order valence-electron chi connectivity index (χ4n) is 2.99. The maximum absolute atomic E-state index is 11.9. The molecule has 5 heteroatoms. The van der Waals surface area contributed by atoms with Gasteiger partial charge in [0.15, 0.2) is 0 Å². The molecular weight excluding hydrogens is 272 g/mol. The number of methoxy groups -OCH3 is 1. The maximum atomic E-state index is 11.9. The molecule has 2 heterocycles. The second kappa shape index (κ2) is 4.95. The first kappa shape index (κ1) is 13.7. The number of ether oxygens (including phenoxy) is 1. The SMILES string of the molecule is COC(=O)c1sc(N2CC(C)C(C)C2)c(C2CC2)c1N. The van der Waals surface area contributed by atoms with Gasteiger partial charge in [-0.05, 0) is 30.6 Å². The molecule has 1 aromatic heterocycles. The summed E-state index contributed by atoms with van der Waals surface area (Å²) in [6.07, 6.45) is 2.38. The Kier molecular flexibility index (Phi) is 3.40. The van der Waals surface area contributed by atoms with E-state index in [0.29, 0.717) is 28.3 Å². The van der Waals surface area contributed by atoms with Gasteiger partial charge in [0.2, 0.25) is 0 Å². The molecule has 4 nitrogen and oxygen atoms in total. The second-order valence-electron chi connectivity index (χ2n) is 6.19. The second-order valence-corrected chi connectivity index (χ2v) is 7.19. The summed E-state index contributed by atoms with van der Waals surface area (Å²) in [4.78, 5) is 14.9. The number of esters is 1. The van der Waals surface area contributed by atoms with Crippen LogP contribution in [0.3, 0.4) is 0 Å². The first-order chi connectivity index (χ1) is 9.52. The van der Waals surface area contributed by atoms with Crippen molar-refractivity contribution in [2.75, 3.05) is 30.8 Å². The Bertz CT molecular complexity index is 526. The number of thiophene rings is 1. The molecule has 0 radical (unpaired) electrons. The topological polar surface area (TPSA) is 55.6 Å². The zero-order valence-electron chi connectivity index (χ0n) is 12.3. The summed E-state index contributed by atoms with van der Waals surface area (Å²) < 4.78 is 4.86. The number of carbonyl (C=O) groups excluding carboxylic acids is 1. The van der Waals surface area contributed by atoms with Crippen molar-refractivity contribution < 1.29 is 9.53 Å². The van der Waals surface area contributed by atoms with Crippen molar-refractivity contribution in [3.63, 3.8) is 0 Å². The molecule has 1 aliphatic carbocycles. The average molecular weight is 294 g/mol. The first-order valence-corrected chi connectivity index (χ1v) is 8.10. The third-order valence-corrected chi connectivity index (χ3v) is 5.86. The summed E-state index contributed by atoms with van der Waals surface area (Å²) in [6.45, 7) is 6.70. The van der Waals surface area contributed by atoms with E-state index in [1.54, 1.807) is 0 Å². The minimum atomic E-state index is -0.305. The zero-order chi connectivity index (χ0) is 14.4. The monoisotopic (exact) mass is 294 g/mol. The molecule has 1 saturated carbocycles. The van der Waals surface area contributed by atoms with Crippen LogP contribution in [0.2, 0.25) is 0 Å². The predicted molar refractivity (Wildman–Crippen MR) is 82.6 cm³/mol. The summed E-state index contributed by atoms with van der Waals surface area (Å²) in [5.74, 6) is 1.62. The summed E-state index contributed by atoms with van der Waals surface area (Å²) >= 11 is 1.51. The molecule has 0 amide bonds. The van der Waals surface area contributed by atoms with Crippen molar-refractivity contribution in [3.05, 3.63) is 10.4 Å². The van der Waals surface area contributed by atoms with E-state index in [4.69, 9.17) is 10.5 Å². The molecule has 2 fully saturated rings. The number of hydrogen-bond acceptors (Lipinski definition) is 5. The predicted octanol–water partition coefficient (Wildman–Crippen LogP) is 3.09. The molecule has 0 spiro atoms. The average Bonchev–Trinajstić information content (AvgIpc) is 3.12. The Morgan fingerprint density at radius 3 is 2.40 bits per heavy atom. The van der Waals surface area contributed by atoms with Gasteiger partial charge < -0.3 is 15.4 Å². The highest BCUT2D eigenvalue weighted by atomic mass is 32.1. The Morgan fingerprint density at radius 1 is 1.30 bits per heavy atom. The van der Waals surface area contributed by atoms with Crippen molar-refractivity contribution in [1.29, 1.82) is 0 Å². The van der Waals surface area contributed by atoms with Crippen molar-refractivity contribution in [1.82, 2.24) is 0 Å². The molecule has 1 aliphatic heterocycles. The molecule has 1 saturated heterocycles. The lowest BCUT2D eigenvalue weighted by Crippen LogP contribution is -2.19. The van der Waals surface area contributed by atoms with Crippen LogP contribution in [0.5, 0.6) is 0 Å². The zero-order valence-corrected chi connectivity index (χ0v) is 13.1. The van der Waals surface area contributed by atoms with Gasteiger partial charge in [-0.2, -0.15) is 0 Å². The molecule has 20 heavy (non-hydrogen) atoms. The lowest BCUT2D eigenvalue weighted by atomic mass is 10.0. The molecule has 0 bridgehead atoms. The molecule has 3 rings (SSSR count). The van der Waals surface area contributed by atoms with Gasteiger partial charge in [-0.1, -0.05) is 13.8 Å². The van der Waals surface area contributed by atoms with E-state index in [-0.39, 0.29) is 5.97 Å². The van der Waals surface area contributed by atoms with Crippen LogP contribution in [0.4, 0.5) is 10.7 Å². The Labute approximate surface area is 123 Å². The van der Waals surface area contributed by atoms with Crippen LogP contribution >= 0.6 is 11.3 Å². The number of rotatable bonds is 3. The van der Waals surface area contributed by atoms with E-state index >= 15 is 0 Å². The van der Waals surface area contributed by atoms with Crippen LogP contribution in [0, 0.1) is 11.8 Å². The standard InChI is InChI=1S/C15H22N2O2S/c1-8-6-17(7-9(8)2)14-11(10-4-5-10)12(16)13(20-14)15(18)19-3/h8-10H,4-7,16H2,1-3H3. The van der Waals surface area contributed by atoms with E-state index in [1.807, 2.05) is 0 Å². The van der Waals surface area contributed by atoms with Gasteiger partial charge in [0.1, 0.15) is 4.88 Å². The van der Waals surface area contributed by atoms with E-state index in [9.17, 15) is 4.79 Å². The van der Waals surface area contributed by atoms with Crippen LogP contribution in [-0.4, -0.2) is 26.2 Å². The molecule has 2 aliphatic rings. The van der Waals surface area contributed by atoms with Crippen LogP contribution in [0.15, 0.2) is 0 Å². The fourth-order valence-corrected chi connectivity index (χ4v) is 4.23. The molecule has 1 aromatic rings. The molecule has 2 atom stereocenters. The Morgan fingerprint density at radius 2 is 1.90 bits per heavy atom. The van der Waals surface area contributed by atoms with Crippen molar-refractivity contribution in [3.8, 4) is 0 Å². The fraction of sp³-hybridized carbons (Fsp3) is 0.667. The number of anilines is 2. The normalized spacial score (nSPS) is 26.1. The third-order valence-electron chi connectivity index (χ3n) is 4.60. The van der Waals surface area contributed by atoms with Crippen LogP contribution in [0.1, 0.15) is 47.8 Å². The number of hydrogen-bond donors (Lipinski definition) is 1. The van der Waals surface area contributed by atoms with Gasteiger partial charge in [-0.25, -0.2) is 4.79 Å². The summed E-state index contributed by atoms with van der Waals surface area (Å²) in [7, 11) is 1.41. The van der Waals surface area contributed by atoms with Crippen molar-refractivity contribution >= 4 is 28.0 Å². The van der Waals surface area contributed by atoms with Crippen LogP contribution in [0.25, 0.3) is 0 Å². The minimum absolute atomic E-state index is 0.305. The smallest absolute Gasteiger partial charge is 0.350 e. The highest BCUT2D eigenvalue weighted by Crippen LogP contribution is 2.53. The van der Waals surface area contributed by atoms with Crippen LogP contribution < -0.4 is 10.6 Å². The lowest BCUT2D eigenvalue weighted by molar-refractivity contribution is 0.0607. The molecule has 2 unspecified atom stereocenters. The number of carbonyl (C=O) groups is 1. The summed E-state index contributed by atoms with van der Waals surface area (Å²) in [6, 6.07) is 0. The quantitative estimate of drug-likeness (QED) is 0.870. The highest BCUT2D eigenvalue weighted by molar-refractivity contribution is 7.18. The van der Waals surface area contributed by atoms with Gasteiger partial charge in [0.05, 0.1) is 17.8 Å². The largest absolute Gasteiger partial charge is 0.465 e. The molecular formula is C15H22N2O2S. The van der Waals surface area contributed by atoms with Crippen molar-refractivity contribution in [2.45, 2.75) is 32.6 Å². The first-order valence-electron chi connectivity index (χ1n) is 7.28. The Balaban J connectivity index is 1.99. The van der Waals surface area contributed by atoms with Gasteiger partial charge >= 0.3 is 5.97 Å². The third kappa shape index (κ3) is 2.18. The summed E-state index contributed by atoms with van der Waals surface area (Å²) in [5.41, 5.74) is 8.11. The Hall–Kier alpha value is -1.23. The number of nitrogen functional groups attached to an aromatic ring is 1. The maximum Gasteiger partial charge on any atom is 0.350 e. The van der Waals surface area contributed by atoms with E-state index < -0.39 is 0 Å².